The summed E-state index contributed by atoms with van der Waals surface area (Å²) in [4.78, 5) is 49.5. The van der Waals surface area contributed by atoms with Crippen LogP contribution >= 0.6 is 0 Å². The molecule has 0 spiro atoms. The molecule has 12 heteroatoms. The number of hydrogen-bond donors (Lipinski definition) is 2. The van der Waals surface area contributed by atoms with Crippen LogP contribution in [0.1, 0.15) is 236 Å². The fourth-order valence-corrected chi connectivity index (χ4v) is 10.0. The SMILES string of the molecule is [2H]C1=C(c2nc(C3CC(C)(C)OC(C)(C)C3)ccc2CC(=O)c2ncc(C#N)[nH]2)C([2H])([2H])C([2H])C(C)(C)C1.[2H]C1=C(c2nc(C3CC(C)(C)OC(C)(C)C3)ccc2CC(=O)c2ncc(C#N)[nH]2)C([2H])([2H])CC(C)(C)C1[2H]. The molecular weight excluding hydrogens is 849 g/mol. The number of Topliss-reactive ketones (excluding diaryl/α,β-unsaturated/α-hetero) is 2. The summed E-state index contributed by atoms with van der Waals surface area (Å²) in [6.07, 6.45) is -0.603. The number of aromatic amines is 2. The van der Waals surface area contributed by atoms with Crippen LogP contribution in [-0.4, -0.2) is 63.9 Å². The summed E-state index contributed by atoms with van der Waals surface area (Å²) >= 11 is 0. The molecule has 68 heavy (non-hydrogen) atoms. The quantitative estimate of drug-likeness (QED) is 0.145. The van der Waals surface area contributed by atoms with Gasteiger partial charge in [0.05, 0.1) is 48.9 Å². The van der Waals surface area contributed by atoms with Crippen LogP contribution < -0.4 is 0 Å². The van der Waals surface area contributed by atoms with Crippen LogP contribution in [-0.2, 0) is 22.3 Å². The molecule has 2 atom stereocenters. The van der Waals surface area contributed by atoms with Crippen molar-refractivity contribution in [3.8, 4) is 12.1 Å². The second-order valence-corrected chi connectivity index (χ2v) is 22.7. The average Bonchev–Trinajstić information content (AvgIpc) is 3.97. The molecule has 0 radical (unpaired) electrons. The first-order valence-electron chi connectivity index (χ1n) is 27.7. The van der Waals surface area contributed by atoms with Gasteiger partial charge in [0.2, 0.25) is 11.6 Å². The molecule has 2 unspecified atom stereocenters. The Morgan fingerprint density at radius 3 is 1.50 bits per heavy atom. The summed E-state index contributed by atoms with van der Waals surface area (Å²) in [5.74, 6) is -0.601. The minimum atomic E-state index is -2.14. The molecule has 12 nitrogen and oxygen atoms in total. The lowest BCUT2D eigenvalue weighted by atomic mass is 9.76. The lowest BCUT2D eigenvalue weighted by molar-refractivity contribution is -0.162. The molecule has 0 aromatic carbocycles. The Kier molecular flexibility index (Phi) is 11.3. The highest BCUT2D eigenvalue weighted by Crippen LogP contribution is 2.46. The molecule has 4 aliphatic rings. The van der Waals surface area contributed by atoms with Crippen LogP contribution in [0.2, 0.25) is 0 Å². The first-order valence-corrected chi connectivity index (χ1v) is 23.5. The molecule has 2 aliphatic carbocycles. The van der Waals surface area contributed by atoms with Crippen LogP contribution in [0.15, 0.2) is 48.8 Å². The number of pyridine rings is 2. The summed E-state index contributed by atoms with van der Waals surface area (Å²) in [5.41, 5.74) is 0.484. The van der Waals surface area contributed by atoms with E-state index in [0.29, 0.717) is 11.1 Å². The highest BCUT2D eigenvalue weighted by atomic mass is 16.5. The van der Waals surface area contributed by atoms with Gasteiger partial charge in [-0.25, -0.2) is 9.97 Å². The number of carbonyl (C=O) groups is 2. The number of ketones is 2. The van der Waals surface area contributed by atoms with Gasteiger partial charge in [-0.3, -0.25) is 19.6 Å². The van der Waals surface area contributed by atoms with Gasteiger partial charge in [-0.1, -0.05) is 51.9 Å². The highest BCUT2D eigenvalue weighted by molar-refractivity contribution is 5.95. The second kappa shape index (κ2) is 19.1. The van der Waals surface area contributed by atoms with Crippen molar-refractivity contribution in [2.45, 2.75) is 194 Å². The van der Waals surface area contributed by atoms with Gasteiger partial charge in [-0.15, -0.1) is 0 Å². The minimum absolute atomic E-state index is 0.0352. The molecule has 8 rings (SSSR count). The van der Waals surface area contributed by atoms with Crippen LogP contribution in [0.25, 0.3) is 11.1 Å². The fourth-order valence-electron chi connectivity index (χ4n) is 10.0. The molecule has 4 aromatic heterocycles. The van der Waals surface area contributed by atoms with Gasteiger partial charge in [0.1, 0.15) is 23.5 Å². The third-order valence-electron chi connectivity index (χ3n) is 12.6. The number of nitrogens with one attached hydrogen (secondary N) is 2. The van der Waals surface area contributed by atoms with Crippen molar-refractivity contribution in [3.63, 3.8) is 0 Å². The Morgan fingerprint density at radius 1 is 0.662 bits per heavy atom. The Labute approximate surface area is 415 Å². The van der Waals surface area contributed by atoms with Gasteiger partial charge in [0.25, 0.3) is 0 Å². The second-order valence-electron chi connectivity index (χ2n) is 22.7. The van der Waals surface area contributed by atoms with Gasteiger partial charge >= 0.3 is 0 Å². The van der Waals surface area contributed by atoms with Crippen LogP contribution in [0, 0.1) is 33.5 Å². The van der Waals surface area contributed by atoms with E-state index in [1.165, 1.54) is 12.4 Å². The van der Waals surface area contributed by atoms with E-state index in [1.54, 1.807) is 39.8 Å². The molecule has 2 aliphatic heterocycles. The maximum atomic E-state index is 13.1. The van der Waals surface area contributed by atoms with Crippen molar-refractivity contribution in [2.24, 2.45) is 10.8 Å². The van der Waals surface area contributed by atoms with E-state index >= 15 is 0 Å². The zero-order valence-corrected chi connectivity index (χ0v) is 41.7. The molecule has 2 N–H and O–H groups in total. The van der Waals surface area contributed by atoms with Gasteiger partial charge in [0, 0.05) is 44.3 Å². The van der Waals surface area contributed by atoms with Crippen LogP contribution in [0.5, 0.6) is 0 Å². The lowest BCUT2D eigenvalue weighted by Gasteiger charge is -2.45. The van der Waals surface area contributed by atoms with Crippen molar-refractivity contribution in [1.82, 2.24) is 29.9 Å². The number of aromatic nitrogens is 6. The van der Waals surface area contributed by atoms with Crippen LogP contribution in [0.4, 0.5) is 0 Å². The van der Waals surface area contributed by atoms with E-state index in [2.05, 4.69) is 19.9 Å². The number of imidazole rings is 2. The number of nitrogens with zero attached hydrogens (tertiary/aromatic N) is 6. The van der Waals surface area contributed by atoms with E-state index in [0.717, 1.165) is 37.1 Å². The van der Waals surface area contributed by atoms with Crippen molar-refractivity contribution in [1.29, 1.82) is 10.5 Å². The van der Waals surface area contributed by atoms with Gasteiger partial charge < -0.3 is 19.4 Å². The van der Waals surface area contributed by atoms with E-state index in [4.69, 9.17) is 40.9 Å². The van der Waals surface area contributed by atoms with Crippen LogP contribution in [0.3, 0.4) is 0 Å². The number of H-pyrrole nitrogens is 2. The zero-order valence-electron chi connectivity index (χ0n) is 49.7. The number of carbonyl (C=O) groups excluding carboxylic acids is 2. The Hall–Kier alpha value is -5.56. The number of hydrogen-bond acceptors (Lipinski definition) is 10. The number of nitriles is 2. The predicted molar refractivity (Wildman–Crippen MR) is 265 cm³/mol. The maximum Gasteiger partial charge on any atom is 0.202 e. The molecule has 6 heterocycles. The average molecular weight is 929 g/mol. The van der Waals surface area contributed by atoms with Gasteiger partial charge in [-0.2, -0.15) is 10.5 Å². The molecule has 2 fully saturated rings. The standard InChI is InChI=1S/2C28H36N4O2/c2*1-26(2)11-9-18(10-12-26)24-19(13-23(33)25-30-17-21(16-29)31-25)7-8-22(32-24)20-14-27(3,4)34-28(5,6)15-20/h2*7-9,17,20H,10-15H2,1-6H3,(H,30,31)/i9D,10D2,12D;9D,10D2,11D. The van der Waals surface area contributed by atoms with E-state index in [9.17, 15) is 9.59 Å². The molecule has 0 amide bonds. The summed E-state index contributed by atoms with van der Waals surface area (Å²) in [6.45, 7) is 23.6. The van der Waals surface area contributed by atoms with E-state index in [1.807, 2.05) is 79.7 Å². The number of allylic oxidation sites excluding steroid dienone is 4. The summed E-state index contributed by atoms with van der Waals surface area (Å²) < 4.78 is 83.3. The Morgan fingerprint density at radius 2 is 1.09 bits per heavy atom. The molecular formula is C56H72N8O4. The van der Waals surface area contributed by atoms with Crippen molar-refractivity contribution >= 4 is 22.7 Å². The van der Waals surface area contributed by atoms with Crippen molar-refractivity contribution in [2.75, 3.05) is 0 Å². The molecule has 4 aromatic rings. The first kappa shape index (κ1) is 40.3. The zero-order chi connectivity index (χ0) is 56.5. The fraction of sp³-hybridized carbons (Fsp3) is 0.571. The normalized spacial score (nSPS) is 27.1. The largest absolute Gasteiger partial charge is 0.370 e. The lowest BCUT2D eigenvalue weighted by Crippen LogP contribution is -2.44. The third-order valence-corrected chi connectivity index (χ3v) is 12.6. The van der Waals surface area contributed by atoms with Crippen molar-refractivity contribution in [3.05, 3.63) is 106 Å². The minimum Gasteiger partial charge on any atom is -0.370 e. The third kappa shape index (κ3) is 12.6. The molecule has 0 bridgehead atoms. The first-order chi connectivity index (χ1) is 34.9. The smallest absolute Gasteiger partial charge is 0.202 e. The topological polar surface area (TPSA) is 183 Å². The molecule has 360 valence electrons. The summed E-state index contributed by atoms with van der Waals surface area (Å²) in [5, 5.41) is 18.2. The summed E-state index contributed by atoms with van der Waals surface area (Å²) in [6, 6.07) is 11.2. The van der Waals surface area contributed by atoms with E-state index < -0.39 is 36.4 Å². The summed E-state index contributed by atoms with van der Waals surface area (Å²) in [7, 11) is 0. The van der Waals surface area contributed by atoms with E-state index in [-0.39, 0.29) is 129 Å². The number of ether oxygens (including phenoxy) is 2. The highest BCUT2D eigenvalue weighted by Gasteiger charge is 2.42. The predicted octanol–water partition coefficient (Wildman–Crippen LogP) is 12.3. The maximum absolute atomic E-state index is 13.1. The van der Waals surface area contributed by atoms with Gasteiger partial charge in [0.15, 0.2) is 11.6 Å². The Bertz CT molecular complexity index is 3050. The number of rotatable bonds is 10. The molecule has 2 saturated heterocycles. The Balaban J connectivity index is 0.000000221. The molecule has 0 saturated carbocycles. The monoisotopic (exact) mass is 929 g/mol. The van der Waals surface area contributed by atoms with Gasteiger partial charge in [-0.05, 0) is 165 Å². The van der Waals surface area contributed by atoms with Crippen molar-refractivity contribution < 1.29 is 30.0 Å².